The van der Waals surface area contributed by atoms with Crippen molar-refractivity contribution in [1.82, 2.24) is 4.57 Å². The fourth-order valence-electron chi connectivity index (χ4n) is 3.07. The summed E-state index contributed by atoms with van der Waals surface area (Å²) in [5.74, 6) is 0.0317. The molecule has 4 rings (SSSR count). The Bertz CT molecular complexity index is 1080. The molecule has 6 nitrogen and oxygen atoms in total. The van der Waals surface area contributed by atoms with Crippen LogP contribution in [-0.2, 0) is 0 Å². The van der Waals surface area contributed by atoms with E-state index in [9.17, 15) is 9.59 Å². The van der Waals surface area contributed by atoms with Crippen LogP contribution in [0.4, 0.5) is 4.79 Å². The maximum Gasteiger partial charge on any atom is 0.511 e. The Morgan fingerprint density at radius 3 is 2.28 bits per heavy atom. The molecule has 0 radical (unpaired) electrons. The highest BCUT2D eigenvalue weighted by atomic mass is 16.7. The van der Waals surface area contributed by atoms with Crippen LogP contribution in [0.1, 0.15) is 5.56 Å². The van der Waals surface area contributed by atoms with Gasteiger partial charge in [-0.15, -0.1) is 0 Å². The first kappa shape index (κ1) is 14.9. The predicted molar refractivity (Wildman–Crippen MR) is 92.5 cm³/mol. The number of carboxylic acid groups (broad SMARTS) is 1. The standard InChI is InChI=1S/C19H12N2O4/c20-17-13-9-5-4-8-12(13)16-15(25-19(23)24)10-14(18(22)21(16)17)11-6-2-1-3-7-11/h1-10,20H,(H,23,24). The Hall–Kier alpha value is -3.67. The lowest BCUT2D eigenvalue weighted by Crippen LogP contribution is -2.26. The zero-order chi connectivity index (χ0) is 17.6. The lowest BCUT2D eigenvalue weighted by molar-refractivity contribution is 0.144. The second kappa shape index (κ2) is 5.45. The van der Waals surface area contributed by atoms with Crippen LogP contribution in [0.2, 0.25) is 0 Å². The van der Waals surface area contributed by atoms with Crippen molar-refractivity contribution < 1.29 is 14.6 Å². The smallest absolute Gasteiger partial charge is 0.449 e. The van der Waals surface area contributed by atoms with E-state index in [4.69, 9.17) is 15.3 Å². The molecule has 0 saturated heterocycles. The molecule has 122 valence electrons. The molecule has 0 fully saturated rings. The number of rotatable bonds is 2. The fourth-order valence-corrected chi connectivity index (χ4v) is 3.07. The number of aromatic nitrogens is 1. The van der Waals surface area contributed by atoms with Gasteiger partial charge < -0.3 is 9.84 Å². The molecule has 6 heteroatoms. The van der Waals surface area contributed by atoms with Crippen molar-refractivity contribution in [2.24, 2.45) is 0 Å². The number of nitrogens with zero attached hydrogens (tertiary/aromatic N) is 1. The number of pyridine rings is 1. The van der Waals surface area contributed by atoms with Crippen molar-refractivity contribution in [2.45, 2.75) is 0 Å². The van der Waals surface area contributed by atoms with Crippen LogP contribution in [0, 0.1) is 5.41 Å². The van der Waals surface area contributed by atoms with Crippen molar-refractivity contribution in [2.75, 3.05) is 0 Å². The van der Waals surface area contributed by atoms with Gasteiger partial charge in [0.05, 0.1) is 5.56 Å². The summed E-state index contributed by atoms with van der Waals surface area (Å²) >= 11 is 0. The zero-order valence-electron chi connectivity index (χ0n) is 12.9. The first-order chi connectivity index (χ1) is 12.1. The molecule has 0 bridgehead atoms. The van der Waals surface area contributed by atoms with Gasteiger partial charge in [0.15, 0.2) is 5.75 Å². The van der Waals surface area contributed by atoms with Gasteiger partial charge in [-0.1, -0.05) is 54.6 Å². The van der Waals surface area contributed by atoms with E-state index in [-0.39, 0.29) is 28.4 Å². The van der Waals surface area contributed by atoms with Gasteiger partial charge in [0.1, 0.15) is 11.5 Å². The van der Waals surface area contributed by atoms with E-state index in [1.165, 1.54) is 10.6 Å². The molecule has 0 saturated carbocycles. The number of ether oxygens (including phenoxy) is 1. The molecule has 1 aliphatic rings. The van der Waals surface area contributed by atoms with E-state index in [2.05, 4.69) is 0 Å². The molecular formula is C19H12N2O4. The van der Waals surface area contributed by atoms with Crippen molar-refractivity contribution in [3.8, 4) is 28.1 Å². The van der Waals surface area contributed by atoms with Crippen LogP contribution < -0.4 is 10.3 Å². The first-order valence-electron chi connectivity index (χ1n) is 7.53. The average Bonchev–Trinajstić information content (AvgIpc) is 2.92. The minimum Gasteiger partial charge on any atom is -0.449 e. The Morgan fingerprint density at radius 1 is 0.960 bits per heavy atom. The number of carbonyl (C=O) groups is 1. The van der Waals surface area contributed by atoms with E-state index >= 15 is 0 Å². The van der Waals surface area contributed by atoms with Gasteiger partial charge in [-0.2, -0.15) is 0 Å². The van der Waals surface area contributed by atoms with Gasteiger partial charge in [-0.3, -0.25) is 14.8 Å². The highest BCUT2D eigenvalue weighted by Gasteiger charge is 2.30. The Morgan fingerprint density at radius 2 is 1.60 bits per heavy atom. The predicted octanol–water partition coefficient (Wildman–Crippen LogP) is 3.43. The van der Waals surface area contributed by atoms with E-state index in [0.29, 0.717) is 16.7 Å². The Balaban J connectivity index is 2.07. The van der Waals surface area contributed by atoms with E-state index in [0.717, 1.165) is 0 Å². The van der Waals surface area contributed by atoms with Gasteiger partial charge in [0.25, 0.3) is 5.56 Å². The molecule has 0 spiro atoms. The number of benzene rings is 2. The zero-order valence-corrected chi connectivity index (χ0v) is 12.9. The second-order valence-corrected chi connectivity index (χ2v) is 5.54. The maximum atomic E-state index is 13.0. The number of hydrogen-bond acceptors (Lipinski definition) is 4. The summed E-state index contributed by atoms with van der Waals surface area (Å²) in [4.78, 5) is 24.1. The Labute approximate surface area is 142 Å². The molecule has 0 amide bonds. The molecule has 0 aliphatic carbocycles. The average molecular weight is 332 g/mol. The van der Waals surface area contributed by atoms with Gasteiger partial charge in [-0.25, -0.2) is 4.79 Å². The molecule has 0 unspecified atom stereocenters. The van der Waals surface area contributed by atoms with E-state index in [1.807, 2.05) is 6.07 Å². The molecule has 3 aromatic rings. The third kappa shape index (κ3) is 2.23. The number of fused-ring (bicyclic) bond motifs is 3. The first-order valence-corrected chi connectivity index (χ1v) is 7.53. The van der Waals surface area contributed by atoms with E-state index < -0.39 is 6.16 Å². The number of hydrogen-bond donors (Lipinski definition) is 2. The summed E-state index contributed by atoms with van der Waals surface area (Å²) in [5, 5.41) is 17.4. The molecule has 2 aromatic carbocycles. The van der Waals surface area contributed by atoms with Crippen LogP contribution in [0.25, 0.3) is 22.4 Å². The van der Waals surface area contributed by atoms with Crippen LogP contribution in [0.3, 0.4) is 0 Å². The maximum absolute atomic E-state index is 13.0. The monoisotopic (exact) mass is 332 g/mol. The molecule has 2 heterocycles. The normalized spacial score (nSPS) is 11.8. The van der Waals surface area contributed by atoms with Crippen LogP contribution in [0.5, 0.6) is 5.75 Å². The summed E-state index contributed by atoms with van der Waals surface area (Å²) in [6.45, 7) is 0. The quantitative estimate of drug-likeness (QED) is 0.550. The lowest BCUT2D eigenvalue weighted by Gasteiger charge is -2.12. The minimum atomic E-state index is -1.48. The van der Waals surface area contributed by atoms with Gasteiger partial charge in [0, 0.05) is 11.1 Å². The van der Waals surface area contributed by atoms with Gasteiger partial charge in [0.2, 0.25) is 0 Å². The number of nitrogens with one attached hydrogen (secondary N) is 1. The van der Waals surface area contributed by atoms with Crippen molar-refractivity contribution in [3.63, 3.8) is 0 Å². The lowest BCUT2D eigenvalue weighted by atomic mass is 10.0. The molecular weight excluding hydrogens is 320 g/mol. The van der Waals surface area contributed by atoms with Gasteiger partial charge in [-0.05, 0) is 11.6 Å². The van der Waals surface area contributed by atoms with E-state index in [1.54, 1.807) is 48.5 Å². The SMILES string of the molecule is N=C1c2ccccc2-c2c(OC(=O)O)cc(-c3ccccc3)c(=O)n21. The summed E-state index contributed by atoms with van der Waals surface area (Å²) < 4.78 is 6.14. The highest BCUT2D eigenvalue weighted by molar-refractivity contribution is 6.11. The Kier molecular flexibility index (Phi) is 3.25. The largest absolute Gasteiger partial charge is 0.511 e. The second-order valence-electron chi connectivity index (χ2n) is 5.54. The van der Waals surface area contributed by atoms with Crippen molar-refractivity contribution in [3.05, 3.63) is 76.6 Å². The fraction of sp³-hybridized carbons (Fsp3) is 0. The van der Waals surface area contributed by atoms with Crippen LogP contribution >= 0.6 is 0 Å². The summed E-state index contributed by atoms with van der Waals surface area (Å²) in [7, 11) is 0. The third-order valence-corrected chi connectivity index (χ3v) is 4.11. The summed E-state index contributed by atoms with van der Waals surface area (Å²) in [6.07, 6.45) is -1.48. The molecule has 25 heavy (non-hydrogen) atoms. The summed E-state index contributed by atoms with van der Waals surface area (Å²) in [6, 6.07) is 17.3. The third-order valence-electron chi connectivity index (χ3n) is 4.11. The topological polar surface area (TPSA) is 92.4 Å². The minimum absolute atomic E-state index is 0.00335. The molecule has 1 aromatic heterocycles. The molecule has 2 N–H and O–H groups in total. The van der Waals surface area contributed by atoms with Crippen LogP contribution in [-0.4, -0.2) is 21.7 Å². The molecule has 0 atom stereocenters. The van der Waals surface area contributed by atoms with Crippen LogP contribution in [0.15, 0.2) is 65.5 Å². The van der Waals surface area contributed by atoms with Crippen molar-refractivity contribution >= 4 is 12.0 Å². The highest BCUT2D eigenvalue weighted by Crippen LogP contribution is 2.38. The summed E-state index contributed by atoms with van der Waals surface area (Å²) in [5.41, 5.74) is 1.95. The molecule has 1 aliphatic heterocycles. The van der Waals surface area contributed by atoms with Crippen molar-refractivity contribution in [1.29, 1.82) is 5.41 Å². The van der Waals surface area contributed by atoms with Gasteiger partial charge >= 0.3 is 6.16 Å².